The number of nitrogens with one attached hydrogen (secondary N) is 1. The van der Waals surface area contributed by atoms with Gasteiger partial charge in [0.2, 0.25) is 5.95 Å². The van der Waals surface area contributed by atoms with Gasteiger partial charge in [-0.1, -0.05) is 18.2 Å². The smallest absolute Gasteiger partial charge is 0.223 e. The number of nitrogens with zero attached hydrogens (tertiary/aromatic N) is 2. The first kappa shape index (κ1) is 10.8. The van der Waals surface area contributed by atoms with E-state index in [1.165, 1.54) is 12.8 Å². The van der Waals surface area contributed by atoms with E-state index in [0.29, 0.717) is 11.8 Å². The monoisotopic (exact) mass is 247 g/mol. The quantitative estimate of drug-likeness (QED) is 0.844. The topological polar surface area (TPSA) is 37.8 Å². The predicted octanol–water partition coefficient (Wildman–Crippen LogP) is 3.06. The molecule has 0 saturated heterocycles. The van der Waals surface area contributed by atoms with Crippen LogP contribution in [0.2, 0.25) is 0 Å². The Labute approximate surface area is 105 Å². The molecule has 0 radical (unpaired) electrons. The summed E-state index contributed by atoms with van der Waals surface area (Å²) in [7, 11) is 0. The summed E-state index contributed by atoms with van der Waals surface area (Å²) in [6, 6.07) is 7.99. The number of rotatable bonds is 4. The largest absolute Gasteiger partial charge is 0.354 e. The van der Waals surface area contributed by atoms with Gasteiger partial charge in [-0.15, -0.1) is 11.6 Å². The van der Waals surface area contributed by atoms with Crippen LogP contribution in [0.4, 0.5) is 5.95 Å². The maximum Gasteiger partial charge on any atom is 0.223 e. The van der Waals surface area contributed by atoms with Gasteiger partial charge in [0.05, 0.1) is 5.52 Å². The van der Waals surface area contributed by atoms with Gasteiger partial charge in [0.15, 0.2) is 0 Å². The van der Waals surface area contributed by atoms with E-state index in [1.54, 1.807) is 0 Å². The number of aromatic nitrogens is 2. The molecule has 1 fully saturated rings. The summed E-state index contributed by atoms with van der Waals surface area (Å²) in [5.74, 6) is 1.41. The Bertz CT molecular complexity index is 537. The molecule has 0 bridgehead atoms. The predicted molar refractivity (Wildman–Crippen MR) is 70.4 cm³/mol. The zero-order valence-electron chi connectivity index (χ0n) is 9.49. The van der Waals surface area contributed by atoms with Crippen LogP contribution in [0.3, 0.4) is 0 Å². The number of hydrogen-bond donors (Lipinski definition) is 1. The fourth-order valence-corrected chi connectivity index (χ4v) is 2.22. The van der Waals surface area contributed by atoms with Crippen LogP contribution in [-0.2, 0) is 0 Å². The van der Waals surface area contributed by atoms with Gasteiger partial charge in [0, 0.05) is 29.4 Å². The number of hydrogen-bond acceptors (Lipinski definition) is 3. The lowest BCUT2D eigenvalue weighted by Gasteiger charge is -2.12. The molecule has 88 valence electrons. The Kier molecular flexibility index (Phi) is 2.63. The summed E-state index contributed by atoms with van der Waals surface area (Å²) in [5, 5.41) is 4.35. The molecule has 1 N–H and O–H groups in total. The van der Waals surface area contributed by atoms with Crippen LogP contribution in [0.25, 0.3) is 10.9 Å². The number of fused-ring (bicyclic) bond motifs is 1. The zero-order chi connectivity index (χ0) is 11.7. The van der Waals surface area contributed by atoms with Crippen molar-refractivity contribution in [1.29, 1.82) is 0 Å². The average Bonchev–Trinajstić information content (AvgIpc) is 3.17. The number of anilines is 1. The molecule has 0 unspecified atom stereocenters. The second kappa shape index (κ2) is 4.15. The van der Waals surface area contributed by atoms with Gasteiger partial charge in [0.1, 0.15) is 0 Å². The molecule has 0 atom stereocenters. The van der Waals surface area contributed by atoms with Crippen LogP contribution in [0, 0.1) is 5.41 Å². The molecule has 1 heterocycles. The first-order chi connectivity index (χ1) is 8.31. The fraction of sp³-hybridized carbons (Fsp3) is 0.385. The fourth-order valence-electron chi connectivity index (χ4n) is 1.86. The van der Waals surface area contributed by atoms with Crippen LogP contribution in [0.5, 0.6) is 0 Å². The van der Waals surface area contributed by atoms with E-state index in [-0.39, 0.29) is 5.41 Å². The lowest BCUT2D eigenvalue weighted by atomic mass is 10.1. The Hall–Kier alpha value is -1.35. The van der Waals surface area contributed by atoms with Gasteiger partial charge in [0.25, 0.3) is 0 Å². The molecule has 2 aromatic rings. The molecule has 1 aliphatic carbocycles. The van der Waals surface area contributed by atoms with Gasteiger partial charge in [-0.2, -0.15) is 0 Å². The lowest BCUT2D eigenvalue weighted by Crippen LogP contribution is -2.18. The highest BCUT2D eigenvalue weighted by Gasteiger charge is 2.41. The Morgan fingerprint density at radius 2 is 2.12 bits per heavy atom. The highest BCUT2D eigenvalue weighted by Crippen LogP contribution is 2.46. The van der Waals surface area contributed by atoms with E-state index in [9.17, 15) is 0 Å². The van der Waals surface area contributed by atoms with E-state index in [0.717, 1.165) is 17.4 Å². The molecule has 17 heavy (non-hydrogen) atoms. The third kappa shape index (κ3) is 2.20. The van der Waals surface area contributed by atoms with Crippen molar-refractivity contribution in [2.75, 3.05) is 17.7 Å². The van der Waals surface area contributed by atoms with Crippen molar-refractivity contribution in [3.05, 3.63) is 30.5 Å². The molecule has 1 aromatic heterocycles. The van der Waals surface area contributed by atoms with Crippen molar-refractivity contribution in [3.8, 4) is 0 Å². The molecule has 0 spiro atoms. The molecular weight excluding hydrogens is 234 g/mol. The van der Waals surface area contributed by atoms with E-state index in [1.807, 2.05) is 30.5 Å². The normalized spacial score (nSPS) is 17.0. The number of para-hydroxylation sites is 1. The zero-order valence-corrected chi connectivity index (χ0v) is 10.2. The van der Waals surface area contributed by atoms with Gasteiger partial charge in [-0.25, -0.2) is 9.97 Å². The van der Waals surface area contributed by atoms with E-state index >= 15 is 0 Å². The molecule has 3 rings (SSSR count). The third-order valence-corrected chi connectivity index (χ3v) is 3.92. The minimum atomic E-state index is 0.288. The lowest BCUT2D eigenvalue weighted by molar-refractivity contribution is 0.616. The van der Waals surface area contributed by atoms with Crippen molar-refractivity contribution in [2.24, 2.45) is 5.41 Å². The minimum Gasteiger partial charge on any atom is -0.354 e. The summed E-state index contributed by atoms with van der Waals surface area (Å²) in [5.41, 5.74) is 1.26. The summed E-state index contributed by atoms with van der Waals surface area (Å²) in [4.78, 5) is 8.78. The summed E-state index contributed by atoms with van der Waals surface area (Å²) in [6.45, 7) is 0.870. The number of alkyl halides is 1. The molecule has 0 amide bonds. The van der Waals surface area contributed by atoms with E-state index in [4.69, 9.17) is 11.6 Å². The third-order valence-electron chi connectivity index (χ3n) is 3.35. The van der Waals surface area contributed by atoms with Crippen molar-refractivity contribution in [1.82, 2.24) is 9.97 Å². The summed E-state index contributed by atoms with van der Waals surface area (Å²) in [6.07, 6.45) is 4.26. The standard InChI is InChI=1S/C13H14ClN3/c14-8-13(5-6-13)9-16-12-15-7-10-3-1-2-4-11(10)17-12/h1-4,7H,5-6,8-9H2,(H,15,16,17). The maximum absolute atomic E-state index is 5.94. The van der Waals surface area contributed by atoms with Crippen LogP contribution in [-0.4, -0.2) is 22.4 Å². The molecule has 3 nitrogen and oxygen atoms in total. The maximum atomic E-state index is 5.94. The van der Waals surface area contributed by atoms with Crippen molar-refractivity contribution in [3.63, 3.8) is 0 Å². The molecule has 1 aromatic carbocycles. The van der Waals surface area contributed by atoms with Gasteiger partial charge in [-0.05, 0) is 18.9 Å². The average molecular weight is 248 g/mol. The van der Waals surface area contributed by atoms with Gasteiger partial charge >= 0.3 is 0 Å². The first-order valence-corrected chi connectivity index (χ1v) is 6.36. The summed E-state index contributed by atoms with van der Waals surface area (Å²) >= 11 is 5.94. The highest BCUT2D eigenvalue weighted by atomic mass is 35.5. The Morgan fingerprint density at radius 1 is 1.29 bits per heavy atom. The highest BCUT2D eigenvalue weighted by molar-refractivity contribution is 6.18. The molecule has 0 aliphatic heterocycles. The molecule has 1 saturated carbocycles. The van der Waals surface area contributed by atoms with Crippen molar-refractivity contribution in [2.45, 2.75) is 12.8 Å². The van der Waals surface area contributed by atoms with Crippen LogP contribution >= 0.6 is 11.6 Å². The van der Waals surface area contributed by atoms with Crippen molar-refractivity contribution >= 4 is 28.5 Å². The first-order valence-electron chi connectivity index (χ1n) is 5.83. The van der Waals surface area contributed by atoms with Crippen molar-refractivity contribution < 1.29 is 0 Å². The van der Waals surface area contributed by atoms with E-state index < -0.39 is 0 Å². The Morgan fingerprint density at radius 3 is 2.88 bits per heavy atom. The second-order valence-corrected chi connectivity index (χ2v) is 5.01. The minimum absolute atomic E-state index is 0.288. The summed E-state index contributed by atoms with van der Waals surface area (Å²) < 4.78 is 0. The van der Waals surface area contributed by atoms with Gasteiger partial charge in [-0.3, -0.25) is 0 Å². The molecular formula is C13H14ClN3. The van der Waals surface area contributed by atoms with Gasteiger partial charge < -0.3 is 5.32 Å². The Balaban J connectivity index is 1.77. The van der Waals surface area contributed by atoms with Crippen LogP contribution in [0.1, 0.15) is 12.8 Å². The molecule has 1 aliphatic rings. The number of benzene rings is 1. The second-order valence-electron chi connectivity index (χ2n) is 4.74. The van der Waals surface area contributed by atoms with Crippen LogP contribution < -0.4 is 5.32 Å². The number of halogens is 1. The van der Waals surface area contributed by atoms with Crippen LogP contribution in [0.15, 0.2) is 30.5 Å². The van der Waals surface area contributed by atoms with E-state index in [2.05, 4.69) is 15.3 Å². The SMILES string of the molecule is ClCC1(CNc2ncc3ccccc3n2)CC1. The molecule has 4 heteroatoms.